The van der Waals surface area contributed by atoms with Gasteiger partial charge in [0, 0.05) is 13.1 Å². The van der Waals surface area contributed by atoms with Crippen molar-refractivity contribution in [3.63, 3.8) is 0 Å². The summed E-state index contributed by atoms with van der Waals surface area (Å²) in [5, 5.41) is 8.21. The Morgan fingerprint density at radius 1 is 1.46 bits per heavy atom. The Labute approximate surface area is 76.6 Å². The number of hydrogen-bond acceptors (Lipinski definition) is 4. The van der Waals surface area contributed by atoms with Crippen LogP contribution in [0.15, 0.2) is 4.99 Å². The summed E-state index contributed by atoms with van der Waals surface area (Å²) in [7, 11) is -2.90. The zero-order valence-corrected chi connectivity index (χ0v) is 7.79. The summed E-state index contributed by atoms with van der Waals surface area (Å²) in [6.45, 7) is 0.638. The molecule has 0 unspecified atom stereocenters. The van der Waals surface area contributed by atoms with E-state index in [1.54, 1.807) is 11.1 Å². The molecule has 72 valence electrons. The molecule has 1 aliphatic heterocycles. The highest BCUT2D eigenvalue weighted by atomic mass is 32.2. The van der Waals surface area contributed by atoms with Gasteiger partial charge in [-0.15, -0.1) is 4.99 Å². The van der Waals surface area contributed by atoms with Crippen molar-refractivity contribution in [3.8, 4) is 6.19 Å². The number of nitrogens with two attached hydrogens (primary N) is 1. The van der Waals surface area contributed by atoms with E-state index in [9.17, 15) is 8.42 Å². The van der Waals surface area contributed by atoms with Gasteiger partial charge in [-0.25, -0.2) is 8.42 Å². The van der Waals surface area contributed by atoms with Crippen LogP contribution in [0.1, 0.15) is 0 Å². The molecule has 1 rings (SSSR count). The van der Waals surface area contributed by atoms with E-state index in [0.717, 1.165) is 0 Å². The lowest BCUT2D eigenvalue weighted by atomic mass is 10.5. The van der Waals surface area contributed by atoms with Gasteiger partial charge in [0.2, 0.25) is 12.2 Å². The maximum absolute atomic E-state index is 11.0. The zero-order chi connectivity index (χ0) is 9.90. The van der Waals surface area contributed by atoms with Crippen LogP contribution >= 0.6 is 0 Å². The van der Waals surface area contributed by atoms with E-state index in [1.165, 1.54) is 0 Å². The molecular weight excluding hydrogens is 192 g/mol. The summed E-state index contributed by atoms with van der Waals surface area (Å²) in [5.41, 5.74) is 5.41. The molecule has 0 bridgehead atoms. The van der Waals surface area contributed by atoms with Crippen molar-refractivity contribution in [1.29, 1.82) is 5.26 Å². The second kappa shape index (κ2) is 3.62. The first-order valence-electron chi connectivity index (χ1n) is 3.73. The Balaban J connectivity index is 2.61. The molecule has 0 atom stereocenters. The van der Waals surface area contributed by atoms with E-state index in [2.05, 4.69) is 4.99 Å². The highest BCUT2D eigenvalue weighted by Crippen LogP contribution is 2.02. The highest BCUT2D eigenvalue weighted by Gasteiger charge is 2.22. The molecule has 0 spiro atoms. The van der Waals surface area contributed by atoms with Crippen LogP contribution in [0.25, 0.3) is 0 Å². The quantitative estimate of drug-likeness (QED) is 0.293. The molecule has 0 amide bonds. The van der Waals surface area contributed by atoms with Gasteiger partial charge in [-0.3, -0.25) is 0 Å². The fourth-order valence-corrected chi connectivity index (χ4v) is 2.26. The molecule has 2 N–H and O–H groups in total. The van der Waals surface area contributed by atoms with E-state index in [-0.39, 0.29) is 17.5 Å². The standard InChI is InChI=1S/C6H10N4O2S/c7-5-9-6(8)10-1-3-13(11,12)4-2-10/h1-4H2,(H2,8,9). The largest absolute Gasteiger partial charge is 0.369 e. The van der Waals surface area contributed by atoms with Crippen molar-refractivity contribution in [2.75, 3.05) is 24.6 Å². The molecule has 13 heavy (non-hydrogen) atoms. The highest BCUT2D eigenvalue weighted by molar-refractivity contribution is 7.91. The minimum Gasteiger partial charge on any atom is -0.369 e. The fraction of sp³-hybridized carbons (Fsp3) is 0.667. The molecule has 6 nitrogen and oxygen atoms in total. The van der Waals surface area contributed by atoms with Gasteiger partial charge >= 0.3 is 0 Å². The van der Waals surface area contributed by atoms with Crippen LogP contribution in [0.5, 0.6) is 0 Å². The third-order valence-electron chi connectivity index (χ3n) is 1.83. The third kappa shape index (κ3) is 2.59. The van der Waals surface area contributed by atoms with Gasteiger partial charge in [-0.2, -0.15) is 5.26 Å². The summed E-state index contributed by atoms with van der Waals surface area (Å²) in [6, 6.07) is 0. The van der Waals surface area contributed by atoms with Gasteiger partial charge in [-0.1, -0.05) is 0 Å². The molecule has 1 heterocycles. The Kier molecular flexibility index (Phi) is 2.72. The normalized spacial score (nSPS) is 22.4. The summed E-state index contributed by atoms with van der Waals surface area (Å²) < 4.78 is 22.0. The lowest BCUT2D eigenvalue weighted by Gasteiger charge is -2.26. The number of sulfone groups is 1. The van der Waals surface area contributed by atoms with Crippen LogP contribution in [-0.4, -0.2) is 43.9 Å². The number of hydrogen-bond donors (Lipinski definition) is 1. The Bertz CT molecular complexity index is 339. The van der Waals surface area contributed by atoms with Crippen LogP contribution in [0.2, 0.25) is 0 Å². The van der Waals surface area contributed by atoms with Crippen molar-refractivity contribution in [1.82, 2.24) is 4.90 Å². The van der Waals surface area contributed by atoms with E-state index in [4.69, 9.17) is 11.0 Å². The molecule has 0 aromatic rings. The van der Waals surface area contributed by atoms with Crippen molar-refractivity contribution in [3.05, 3.63) is 0 Å². The molecule has 0 aliphatic carbocycles. The third-order valence-corrected chi connectivity index (χ3v) is 3.44. The van der Waals surface area contributed by atoms with E-state index < -0.39 is 9.84 Å². The van der Waals surface area contributed by atoms with Gasteiger partial charge in [0.15, 0.2) is 9.84 Å². The van der Waals surface area contributed by atoms with Crippen LogP contribution in [0.3, 0.4) is 0 Å². The van der Waals surface area contributed by atoms with Crippen molar-refractivity contribution in [2.45, 2.75) is 0 Å². The summed E-state index contributed by atoms with van der Waals surface area (Å²) in [4.78, 5) is 4.91. The summed E-state index contributed by atoms with van der Waals surface area (Å²) in [6.07, 6.45) is 1.56. The molecule has 1 saturated heterocycles. The van der Waals surface area contributed by atoms with Crippen LogP contribution < -0.4 is 5.73 Å². The lowest BCUT2D eigenvalue weighted by molar-refractivity contribution is 0.438. The maximum atomic E-state index is 11.0. The predicted molar refractivity (Wildman–Crippen MR) is 47.5 cm³/mol. The summed E-state index contributed by atoms with van der Waals surface area (Å²) in [5.74, 6) is 0.251. The van der Waals surface area contributed by atoms with Crippen LogP contribution in [-0.2, 0) is 9.84 Å². The average molecular weight is 202 g/mol. The van der Waals surface area contributed by atoms with Gasteiger partial charge in [0.1, 0.15) is 0 Å². The number of nitriles is 1. The maximum Gasteiger partial charge on any atom is 0.209 e. The topological polar surface area (TPSA) is 99.5 Å². The SMILES string of the molecule is N#CN=C(N)N1CCS(=O)(=O)CC1. The number of rotatable bonds is 0. The molecule has 7 heteroatoms. The van der Waals surface area contributed by atoms with E-state index in [0.29, 0.717) is 13.1 Å². The second-order valence-electron chi connectivity index (χ2n) is 2.71. The molecule has 0 saturated carbocycles. The minimum atomic E-state index is -2.90. The van der Waals surface area contributed by atoms with Gasteiger partial charge in [-0.05, 0) is 0 Å². The second-order valence-corrected chi connectivity index (χ2v) is 5.01. The van der Waals surface area contributed by atoms with Gasteiger partial charge < -0.3 is 10.6 Å². The van der Waals surface area contributed by atoms with Crippen molar-refractivity contribution < 1.29 is 8.42 Å². The van der Waals surface area contributed by atoms with Crippen LogP contribution in [0, 0.1) is 11.5 Å². The molecule has 0 aromatic carbocycles. The molecule has 0 aromatic heterocycles. The first kappa shape index (κ1) is 9.80. The van der Waals surface area contributed by atoms with Crippen molar-refractivity contribution >= 4 is 15.8 Å². The monoisotopic (exact) mass is 202 g/mol. The van der Waals surface area contributed by atoms with Gasteiger partial charge in [0.05, 0.1) is 11.5 Å². The van der Waals surface area contributed by atoms with Crippen LogP contribution in [0.4, 0.5) is 0 Å². The minimum absolute atomic E-state index is 0.0780. The number of guanidine groups is 1. The first-order valence-corrected chi connectivity index (χ1v) is 5.55. The molecule has 1 aliphatic rings. The Morgan fingerprint density at radius 2 is 2.00 bits per heavy atom. The Morgan fingerprint density at radius 3 is 2.46 bits per heavy atom. The van der Waals surface area contributed by atoms with E-state index >= 15 is 0 Å². The average Bonchev–Trinajstić information content (AvgIpc) is 2.04. The molecule has 1 fully saturated rings. The predicted octanol–water partition coefficient (Wildman–Crippen LogP) is -1.49. The summed E-state index contributed by atoms with van der Waals surface area (Å²) >= 11 is 0. The number of nitrogens with zero attached hydrogens (tertiary/aromatic N) is 3. The zero-order valence-electron chi connectivity index (χ0n) is 6.97. The van der Waals surface area contributed by atoms with Crippen molar-refractivity contribution in [2.24, 2.45) is 10.7 Å². The van der Waals surface area contributed by atoms with Gasteiger partial charge in [0.25, 0.3) is 0 Å². The fourth-order valence-electron chi connectivity index (χ4n) is 1.06. The molecular formula is C6H10N4O2S. The first-order chi connectivity index (χ1) is 6.05. The lowest BCUT2D eigenvalue weighted by Crippen LogP contribution is -2.46. The Hall–Kier alpha value is -1.29. The smallest absolute Gasteiger partial charge is 0.209 e. The number of aliphatic imine (C=N–C) groups is 1. The van der Waals surface area contributed by atoms with E-state index in [1.807, 2.05) is 0 Å². The molecule has 0 radical (unpaired) electrons.